The zero-order valence-corrected chi connectivity index (χ0v) is 13.8. The Kier molecular flexibility index (Phi) is 7.42. The molecule has 0 amide bonds. The topological polar surface area (TPSA) is 52.3 Å². The van der Waals surface area contributed by atoms with Gasteiger partial charge in [0.25, 0.3) is 0 Å². The molecule has 1 aromatic rings. The van der Waals surface area contributed by atoms with Crippen LogP contribution in [-0.4, -0.2) is 18.5 Å². The number of halogens is 5. The van der Waals surface area contributed by atoms with E-state index in [4.69, 9.17) is 5.73 Å². The van der Waals surface area contributed by atoms with Crippen molar-refractivity contribution in [1.29, 1.82) is 0 Å². The van der Waals surface area contributed by atoms with E-state index in [9.17, 15) is 13.6 Å². The first-order chi connectivity index (χ1) is 8.28. The molecule has 0 aromatic heterocycles. The third kappa shape index (κ3) is 4.66. The highest BCUT2D eigenvalue weighted by Gasteiger charge is 2.47. The molecule has 0 aliphatic heterocycles. The van der Waals surface area contributed by atoms with Gasteiger partial charge < -0.3 is 10.5 Å². The van der Waals surface area contributed by atoms with E-state index in [-0.39, 0.29) is 24.6 Å². The molecule has 8 heteroatoms. The summed E-state index contributed by atoms with van der Waals surface area (Å²) in [7, 11) is 0. The molecule has 2 N–H and O–H groups in total. The summed E-state index contributed by atoms with van der Waals surface area (Å²) in [4.78, 5) is 11.2. The van der Waals surface area contributed by atoms with Crippen LogP contribution in [0.4, 0.5) is 8.78 Å². The summed E-state index contributed by atoms with van der Waals surface area (Å²) in [5.41, 5.74) is 5.58. The van der Waals surface area contributed by atoms with Gasteiger partial charge in [-0.3, -0.25) is 0 Å². The average molecular weight is 423 g/mol. The number of rotatable bonds is 4. The van der Waals surface area contributed by atoms with Crippen molar-refractivity contribution in [3.63, 3.8) is 0 Å². The van der Waals surface area contributed by atoms with Crippen molar-refractivity contribution in [3.8, 4) is 0 Å². The van der Waals surface area contributed by atoms with Crippen LogP contribution in [0.2, 0.25) is 0 Å². The number of alkyl halides is 2. The van der Waals surface area contributed by atoms with Crippen molar-refractivity contribution in [2.75, 3.05) is 6.61 Å². The first-order valence-corrected chi connectivity index (χ1v) is 6.64. The normalized spacial score (nSPS) is 12.5. The second kappa shape index (κ2) is 7.52. The molecule has 1 atom stereocenters. The summed E-state index contributed by atoms with van der Waals surface area (Å²) < 4.78 is 32.9. The summed E-state index contributed by atoms with van der Waals surface area (Å²) in [6.07, 6.45) is 0. The summed E-state index contributed by atoms with van der Waals surface area (Å²) in [6, 6.07) is 2.79. The molecule has 0 saturated carbocycles. The fraction of sp³-hybridized carbons (Fsp3) is 0.364. The molecular formula is C11H12Br2ClF2NO2. The van der Waals surface area contributed by atoms with Crippen LogP contribution in [0.15, 0.2) is 27.1 Å². The van der Waals surface area contributed by atoms with Gasteiger partial charge in [-0.1, -0.05) is 31.9 Å². The zero-order valence-electron chi connectivity index (χ0n) is 9.83. The molecule has 0 saturated heterocycles. The largest absolute Gasteiger partial charge is 0.462 e. The minimum atomic E-state index is -3.77. The van der Waals surface area contributed by atoms with Gasteiger partial charge in [0.1, 0.15) is 6.04 Å². The van der Waals surface area contributed by atoms with Crippen LogP contribution < -0.4 is 5.73 Å². The first kappa shape index (κ1) is 18.8. The fourth-order valence-corrected chi connectivity index (χ4v) is 2.65. The molecule has 3 nitrogen and oxygen atoms in total. The van der Waals surface area contributed by atoms with Crippen LogP contribution in [0.25, 0.3) is 0 Å². The van der Waals surface area contributed by atoms with E-state index >= 15 is 0 Å². The fourth-order valence-electron chi connectivity index (χ4n) is 1.32. The lowest BCUT2D eigenvalue weighted by molar-refractivity contribution is -0.174. The number of benzene rings is 1. The second-order valence-electron chi connectivity index (χ2n) is 3.52. The Balaban J connectivity index is 0.00000324. The number of ether oxygens (including phenoxy) is 1. The summed E-state index contributed by atoms with van der Waals surface area (Å²) in [6.45, 7) is 1.33. The Hall–Kier alpha value is -0.240. The number of carbonyl (C=O) groups is 1. The van der Waals surface area contributed by atoms with E-state index in [1.165, 1.54) is 19.1 Å². The molecule has 0 fully saturated rings. The predicted octanol–water partition coefficient (Wildman–Crippen LogP) is 3.83. The molecule has 0 unspecified atom stereocenters. The molecule has 0 radical (unpaired) electrons. The molecule has 1 aromatic carbocycles. The lowest BCUT2D eigenvalue weighted by atomic mass is 10.0. The van der Waals surface area contributed by atoms with Gasteiger partial charge in [0.05, 0.1) is 6.61 Å². The van der Waals surface area contributed by atoms with Crippen LogP contribution in [0, 0.1) is 0 Å². The maximum absolute atomic E-state index is 13.7. The Morgan fingerprint density at radius 1 is 1.37 bits per heavy atom. The maximum atomic E-state index is 13.7. The van der Waals surface area contributed by atoms with Crippen LogP contribution >= 0.6 is 44.3 Å². The molecule has 108 valence electrons. The Morgan fingerprint density at radius 2 is 1.84 bits per heavy atom. The SMILES string of the molecule is CCOC(=O)C(F)(F)[C@@H](N)c1cc(Br)cc(Br)c1.Cl. The number of esters is 1. The third-order valence-corrected chi connectivity index (χ3v) is 3.10. The molecule has 0 bridgehead atoms. The number of carbonyl (C=O) groups excluding carboxylic acids is 1. The van der Waals surface area contributed by atoms with Gasteiger partial charge in [-0.2, -0.15) is 8.78 Å². The zero-order chi connectivity index (χ0) is 13.9. The monoisotopic (exact) mass is 421 g/mol. The van der Waals surface area contributed by atoms with Gasteiger partial charge in [0.2, 0.25) is 0 Å². The predicted molar refractivity (Wildman–Crippen MR) is 77.6 cm³/mol. The average Bonchev–Trinajstić information content (AvgIpc) is 2.26. The molecule has 0 aliphatic rings. The lowest BCUT2D eigenvalue weighted by Crippen LogP contribution is -2.41. The maximum Gasteiger partial charge on any atom is 0.379 e. The minimum absolute atomic E-state index is 0. The standard InChI is InChI=1S/C11H11Br2F2NO2.ClH/c1-2-18-10(17)11(14,15)9(16)6-3-7(12)5-8(13)4-6;/h3-5,9H,2,16H2,1H3;1H/t9-;/m0./s1. The first-order valence-electron chi connectivity index (χ1n) is 5.05. The second-order valence-corrected chi connectivity index (χ2v) is 5.36. The lowest BCUT2D eigenvalue weighted by Gasteiger charge is -2.22. The van der Waals surface area contributed by atoms with E-state index in [0.29, 0.717) is 8.95 Å². The molecule has 0 heterocycles. The summed E-state index contributed by atoms with van der Waals surface area (Å²) >= 11 is 6.34. The van der Waals surface area contributed by atoms with Gasteiger partial charge in [0.15, 0.2) is 0 Å². The van der Waals surface area contributed by atoms with Gasteiger partial charge in [-0.25, -0.2) is 4.79 Å². The number of hydrogen-bond donors (Lipinski definition) is 1. The molecule has 0 aliphatic carbocycles. The quantitative estimate of drug-likeness (QED) is 0.749. The van der Waals surface area contributed by atoms with E-state index in [2.05, 4.69) is 36.6 Å². The number of nitrogens with two attached hydrogens (primary N) is 1. The minimum Gasteiger partial charge on any atom is -0.462 e. The Bertz CT molecular complexity index is 440. The van der Waals surface area contributed by atoms with Crippen molar-refractivity contribution in [2.45, 2.75) is 18.9 Å². The van der Waals surface area contributed by atoms with E-state index < -0.39 is 17.9 Å². The van der Waals surface area contributed by atoms with Crippen LogP contribution in [0.3, 0.4) is 0 Å². The van der Waals surface area contributed by atoms with Crippen molar-refractivity contribution >= 4 is 50.2 Å². The molecule has 19 heavy (non-hydrogen) atoms. The van der Waals surface area contributed by atoms with Gasteiger partial charge in [-0.05, 0) is 30.7 Å². The van der Waals surface area contributed by atoms with Gasteiger partial charge >= 0.3 is 11.9 Å². The molecular weight excluding hydrogens is 411 g/mol. The number of hydrogen-bond acceptors (Lipinski definition) is 3. The Labute approximate surface area is 132 Å². The van der Waals surface area contributed by atoms with Crippen LogP contribution in [0.5, 0.6) is 0 Å². The van der Waals surface area contributed by atoms with Crippen molar-refractivity contribution in [1.82, 2.24) is 0 Å². The smallest absolute Gasteiger partial charge is 0.379 e. The van der Waals surface area contributed by atoms with E-state index in [0.717, 1.165) is 0 Å². The van der Waals surface area contributed by atoms with Crippen LogP contribution in [-0.2, 0) is 9.53 Å². The highest BCUT2D eigenvalue weighted by atomic mass is 79.9. The highest BCUT2D eigenvalue weighted by Crippen LogP contribution is 2.33. The molecule has 0 spiro atoms. The van der Waals surface area contributed by atoms with E-state index in [1.807, 2.05) is 0 Å². The van der Waals surface area contributed by atoms with Crippen molar-refractivity contribution in [2.24, 2.45) is 5.73 Å². The summed E-state index contributed by atoms with van der Waals surface area (Å²) in [5.74, 6) is -5.38. The van der Waals surface area contributed by atoms with Crippen LogP contribution in [0.1, 0.15) is 18.5 Å². The van der Waals surface area contributed by atoms with Crippen molar-refractivity contribution in [3.05, 3.63) is 32.7 Å². The highest BCUT2D eigenvalue weighted by molar-refractivity contribution is 9.11. The Morgan fingerprint density at radius 3 is 2.26 bits per heavy atom. The van der Waals surface area contributed by atoms with Gasteiger partial charge in [-0.15, -0.1) is 12.4 Å². The van der Waals surface area contributed by atoms with E-state index in [1.54, 1.807) is 6.07 Å². The molecule has 1 rings (SSSR count). The summed E-state index contributed by atoms with van der Waals surface area (Å²) in [5, 5.41) is 0. The van der Waals surface area contributed by atoms with Gasteiger partial charge in [0, 0.05) is 8.95 Å². The third-order valence-electron chi connectivity index (χ3n) is 2.18. The van der Waals surface area contributed by atoms with Crippen molar-refractivity contribution < 1.29 is 18.3 Å².